The number of carboxylic acids is 1. The van der Waals surface area contributed by atoms with Gasteiger partial charge in [-0.2, -0.15) is 26.3 Å². The van der Waals surface area contributed by atoms with E-state index in [1.54, 1.807) is 6.20 Å². The molecule has 3 aromatic rings. The fourth-order valence-corrected chi connectivity index (χ4v) is 3.40. The molecule has 1 fully saturated rings. The predicted octanol–water partition coefficient (Wildman–Crippen LogP) is 6.34. The van der Waals surface area contributed by atoms with Crippen LogP contribution in [0.4, 0.5) is 26.3 Å². The van der Waals surface area contributed by atoms with Gasteiger partial charge >= 0.3 is 18.3 Å². The van der Waals surface area contributed by atoms with Crippen molar-refractivity contribution in [2.24, 2.45) is 0 Å². The Morgan fingerprint density at radius 2 is 1.62 bits per heavy atom. The third-order valence-electron chi connectivity index (χ3n) is 4.96. The standard InChI is InChI=1S/C21H15F6NO4/c22-20(23,24)15-6-12(31-9-18(29)30)7-16(21(25,26)27)19(15)32-11-3-4-17-13(5-11)14(8-28-17)10-1-2-10/h3-8,10,28H,1-2,9H2,(H,29,30). The van der Waals surface area contributed by atoms with Gasteiger partial charge in [-0.3, -0.25) is 0 Å². The molecule has 1 aliphatic carbocycles. The summed E-state index contributed by atoms with van der Waals surface area (Å²) in [5.41, 5.74) is -1.85. The second-order valence-corrected chi connectivity index (χ2v) is 7.35. The first-order valence-corrected chi connectivity index (χ1v) is 9.39. The number of benzene rings is 2. The second kappa shape index (κ2) is 7.64. The molecule has 5 nitrogen and oxygen atoms in total. The van der Waals surface area contributed by atoms with Crippen LogP contribution in [0, 0.1) is 0 Å². The van der Waals surface area contributed by atoms with Crippen LogP contribution in [0.3, 0.4) is 0 Å². The number of aromatic amines is 1. The van der Waals surface area contributed by atoms with Gasteiger partial charge in [-0.05, 0) is 54.7 Å². The Bertz CT molecular complexity index is 1140. The Morgan fingerprint density at radius 3 is 2.16 bits per heavy atom. The van der Waals surface area contributed by atoms with Gasteiger partial charge < -0.3 is 19.6 Å². The highest BCUT2D eigenvalue weighted by Crippen LogP contribution is 2.49. The van der Waals surface area contributed by atoms with Gasteiger partial charge in [0.15, 0.2) is 12.4 Å². The van der Waals surface area contributed by atoms with Crippen molar-refractivity contribution in [1.82, 2.24) is 4.98 Å². The smallest absolute Gasteiger partial charge is 0.420 e. The van der Waals surface area contributed by atoms with Crippen LogP contribution in [0.25, 0.3) is 10.9 Å². The summed E-state index contributed by atoms with van der Waals surface area (Å²) in [7, 11) is 0. The van der Waals surface area contributed by atoms with Crippen molar-refractivity contribution >= 4 is 16.9 Å². The van der Waals surface area contributed by atoms with Crippen molar-refractivity contribution < 1.29 is 45.7 Å². The fraction of sp³-hybridized carbons (Fsp3) is 0.286. The van der Waals surface area contributed by atoms with Gasteiger partial charge in [-0.25, -0.2) is 4.79 Å². The molecule has 0 bridgehead atoms. The van der Waals surface area contributed by atoms with E-state index in [0.717, 1.165) is 18.4 Å². The molecule has 0 amide bonds. The first-order valence-electron chi connectivity index (χ1n) is 9.39. The number of carbonyl (C=O) groups is 1. The first kappa shape index (κ1) is 21.8. The van der Waals surface area contributed by atoms with Crippen LogP contribution in [-0.2, 0) is 17.1 Å². The number of hydrogen-bond donors (Lipinski definition) is 2. The lowest BCUT2D eigenvalue weighted by Crippen LogP contribution is -2.16. The van der Waals surface area contributed by atoms with Gasteiger partial charge in [-0.1, -0.05) is 0 Å². The minimum Gasteiger partial charge on any atom is -0.482 e. The summed E-state index contributed by atoms with van der Waals surface area (Å²) in [4.78, 5) is 13.6. The van der Waals surface area contributed by atoms with Crippen molar-refractivity contribution in [3.63, 3.8) is 0 Å². The number of ether oxygens (including phenoxy) is 2. The lowest BCUT2D eigenvalue weighted by atomic mass is 10.1. The molecule has 0 atom stereocenters. The molecule has 2 N–H and O–H groups in total. The zero-order chi connectivity index (χ0) is 23.3. The van der Waals surface area contributed by atoms with Crippen molar-refractivity contribution in [3.8, 4) is 17.2 Å². The van der Waals surface area contributed by atoms with Gasteiger partial charge in [0.25, 0.3) is 0 Å². The molecule has 11 heteroatoms. The quantitative estimate of drug-likeness (QED) is 0.422. The Morgan fingerprint density at radius 1 is 1.00 bits per heavy atom. The average molecular weight is 459 g/mol. The van der Waals surface area contributed by atoms with Crippen LogP contribution in [0.2, 0.25) is 0 Å². The van der Waals surface area contributed by atoms with Gasteiger partial charge in [0.2, 0.25) is 0 Å². The SMILES string of the molecule is O=C(O)COc1cc(C(F)(F)F)c(Oc2ccc3[nH]cc(C4CC4)c3c2)c(C(F)(F)F)c1. The van der Waals surface area contributed by atoms with Gasteiger partial charge in [0.1, 0.15) is 22.6 Å². The minimum absolute atomic E-state index is 0.200. The van der Waals surface area contributed by atoms with E-state index >= 15 is 0 Å². The molecule has 4 rings (SSSR count). The summed E-state index contributed by atoms with van der Waals surface area (Å²) in [6.45, 7) is -1.11. The number of hydrogen-bond acceptors (Lipinski definition) is 3. The van der Waals surface area contributed by atoms with Crippen molar-refractivity contribution in [2.75, 3.05) is 6.61 Å². The maximum atomic E-state index is 13.7. The van der Waals surface area contributed by atoms with E-state index in [1.807, 2.05) is 0 Å². The number of nitrogens with one attached hydrogen (secondary N) is 1. The normalized spacial score (nSPS) is 14.6. The Labute approximate surface area is 176 Å². The lowest BCUT2D eigenvalue weighted by Gasteiger charge is -2.20. The molecule has 0 saturated heterocycles. The summed E-state index contributed by atoms with van der Waals surface area (Å²) in [5.74, 6) is -3.79. The highest BCUT2D eigenvalue weighted by molar-refractivity contribution is 5.85. The summed E-state index contributed by atoms with van der Waals surface area (Å²) >= 11 is 0. The number of H-pyrrole nitrogens is 1. The molecular weight excluding hydrogens is 444 g/mol. The van der Waals surface area contributed by atoms with Gasteiger partial charge in [0.05, 0.1) is 0 Å². The van der Waals surface area contributed by atoms with E-state index in [-0.39, 0.29) is 17.9 Å². The molecule has 2 aromatic carbocycles. The minimum atomic E-state index is -5.23. The van der Waals surface area contributed by atoms with Crippen LogP contribution in [0.1, 0.15) is 35.4 Å². The van der Waals surface area contributed by atoms with Crippen molar-refractivity contribution in [2.45, 2.75) is 31.1 Å². The zero-order valence-electron chi connectivity index (χ0n) is 16.1. The predicted molar refractivity (Wildman–Crippen MR) is 99.9 cm³/mol. The Kier molecular flexibility index (Phi) is 5.22. The molecule has 1 heterocycles. The fourth-order valence-electron chi connectivity index (χ4n) is 3.40. The summed E-state index contributed by atoms with van der Waals surface area (Å²) in [5, 5.41) is 9.28. The second-order valence-electron chi connectivity index (χ2n) is 7.35. The van der Waals surface area contributed by atoms with E-state index in [9.17, 15) is 31.1 Å². The summed E-state index contributed by atoms with van der Waals surface area (Å²) < 4.78 is 91.7. The van der Waals surface area contributed by atoms with Gasteiger partial charge in [0, 0.05) is 17.1 Å². The van der Waals surface area contributed by atoms with Crippen LogP contribution in [-0.4, -0.2) is 22.7 Å². The van der Waals surface area contributed by atoms with E-state index in [2.05, 4.69) is 9.72 Å². The number of halogens is 6. The van der Waals surface area contributed by atoms with Crippen molar-refractivity contribution in [3.05, 3.63) is 53.2 Å². The maximum Gasteiger partial charge on any atom is 0.420 e. The molecule has 170 valence electrons. The van der Waals surface area contributed by atoms with E-state index in [0.29, 0.717) is 16.8 Å². The molecule has 0 unspecified atom stereocenters. The van der Waals surface area contributed by atoms with E-state index < -0.39 is 47.6 Å². The monoisotopic (exact) mass is 459 g/mol. The van der Waals surface area contributed by atoms with E-state index in [4.69, 9.17) is 9.84 Å². The van der Waals surface area contributed by atoms with Crippen LogP contribution in [0.15, 0.2) is 36.5 Å². The number of alkyl halides is 6. The van der Waals surface area contributed by atoms with Gasteiger partial charge in [-0.15, -0.1) is 0 Å². The summed E-state index contributed by atoms with van der Waals surface area (Å²) in [6.07, 6.45) is -6.79. The average Bonchev–Trinajstić information content (AvgIpc) is 3.44. The largest absolute Gasteiger partial charge is 0.482 e. The number of carboxylic acid groups (broad SMARTS) is 1. The molecule has 1 aliphatic rings. The Balaban J connectivity index is 1.82. The Hall–Kier alpha value is -3.37. The third kappa shape index (κ3) is 4.46. The molecule has 1 saturated carbocycles. The topological polar surface area (TPSA) is 71.6 Å². The van der Waals surface area contributed by atoms with Crippen LogP contribution >= 0.6 is 0 Å². The highest BCUT2D eigenvalue weighted by Gasteiger charge is 2.43. The van der Waals surface area contributed by atoms with Crippen molar-refractivity contribution in [1.29, 1.82) is 0 Å². The number of aliphatic carboxylic acids is 1. The molecule has 0 aliphatic heterocycles. The maximum absolute atomic E-state index is 13.7. The van der Waals surface area contributed by atoms with E-state index in [1.165, 1.54) is 18.2 Å². The highest BCUT2D eigenvalue weighted by atomic mass is 19.4. The lowest BCUT2D eigenvalue weighted by molar-refractivity contribution is -0.145. The summed E-state index contributed by atoms with van der Waals surface area (Å²) in [6, 6.07) is 4.76. The van der Waals surface area contributed by atoms with Crippen LogP contribution < -0.4 is 9.47 Å². The number of aromatic nitrogens is 1. The molecule has 1 aromatic heterocycles. The molecule has 32 heavy (non-hydrogen) atoms. The number of fused-ring (bicyclic) bond motifs is 1. The molecular formula is C21H15F6NO4. The number of rotatable bonds is 6. The molecule has 0 spiro atoms. The third-order valence-corrected chi connectivity index (χ3v) is 4.96. The first-order chi connectivity index (χ1) is 14.9. The van der Waals surface area contributed by atoms with Crippen LogP contribution in [0.5, 0.6) is 17.2 Å². The zero-order valence-corrected chi connectivity index (χ0v) is 16.1. The molecule has 0 radical (unpaired) electrons.